The molecule has 0 bridgehead atoms. The molecule has 0 aliphatic carbocycles. The Kier molecular flexibility index (Phi) is 9.06. The number of methoxy groups -OCH3 is 1. The van der Waals surface area contributed by atoms with Crippen LogP contribution in [0.2, 0.25) is 0 Å². The van der Waals surface area contributed by atoms with E-state index in [-0.39, 0.29) is 0 Å². The molecule has 108 valence electrons. The first kappa shape index (κ1) is 16.0. The van der Waals surface area contributed by atoms with Crippen molar-refractivity contribution >= 4 is 0 Å². The van der Waals surface area contributed by atoms with Gasteiger partial charge in [-0.2, -0.15) is 0 Å². The average molecular weight is 267 g/mol. The number of hydrogen-bond acceptors (Lipinski definition) is 4. The van der Waals surface area contributed by atoms with Crippen LogP contribution in [-0.4, -0.2) is 40.1 Å². The van der Waals surface area contributed by atoms with Gasteiger partial charge < -0.3 is 19.5 Å². The van der Waals surface area contributed by atoms with Gasteiger partial charge in [-0.3, -0.25) is 0 Å². The van der Waals surface area contributed by atoms with Crippen molar-refractivity contribution in [3.63, 3.8) is 0 Å². The molecule has 0 saturated heterocycles. The minimum absolute atomic E-state index is 0.567. The highest BCUT2D eigenvalue weighted by Gasteiger charge is 1.96. The minimum Gasteiger partial charge on any atom is -0.491 e. The maximum Gasteiger partial charge on any atom is 0.119 e. The number of ether oxygens (including phenoxy) is 3. The first-order valence-corrected chi connectivity index (χ1v) is 6.86. The Hall–Kier alpha value is -1.10. The van der Waals surface area contributed by atoms with Crippen molar-refractivity contribution in [2.45, 2.75) is 19.9 Å². The van der Waals surface area contributed by atoms with Crippen LogP contribution in [0.25, 0.3) is 0 Å². The van der Waals surface area contributed by atoms with Crippen molar-refractivity contribution in [3.8, 4) is 5.75 Å². The van der Waals surface area contributed by atoms with E-state index in [1.165, 1.54) is 5.56 Å². The van der Waals surface area contributed by atoms with Crippen LogP contribution in [-0.2, 0) is 16.0 Å². The second kappa shape index (κ2) is 10.8. The van der Waals surface area contributed by atoms with Gasteiger partial charge in [-0.15, -0.1) is 0 Å². The van der Waals surface area contributed by atoms with Crippen molar-refractivity contribution in [1.82, 2.24) is 5.32 Å². The van der Waals surface area contributed by atoms with Crippen LogP contribution in [0, 0.1) is 0 Å². The maximum atomic E-state index is 5.58. The summed E-state index contributed by atoms with van der Waals surface area (Å²) in [5.41, 5.74) is 1.28. The van der Waals surface area contributed by atoms with Gasteiger partial charge in [0, 0.05) is 13.7 Å². The highest BCUT2D eigenvalue weighted by molar-refractivity contribution is 5.27. The molecule has 1 N–H and O–H groups in total. The van der Waals surface area contributed by atoms with Crippen LogP contribution in [0.15, 0.2) is 24.3 Å². The third-order valence-electron chi connectivity index (χ3n) is 2.61. The molecule has 4 heteroatoms. The predicted molar refractivity (Wildman–Crippen MR) is 76.6 cm³/mol. The summed E-state index contributed by atoms with van der Waals surface area (Å²) in [7, 11) is 1.66. The van der Waals surface area contributed by atoms with E-state index in [1.54, 1.807) is 7.11 Å². The molecule has 0 aromatic heterocycles. The summed E-state index contributed by atoms with van der Waals surface area (Å²) in [6, 6.07) is 8.17. The van der Waals surface area contributed by atoms with Crippen molar-refractivity contribution in [3.05, 3.63) is 29.8 Å². The van der Waals surface area contributed by atoms with E-state index >= 15 is 0 Å². The lowest BCUT2D eigenvalue weighted by molar-refractivity contribution is 0.0544. The largest absolute Gasteiger partial charge is 0.491 e. The van der Waals surface area contributed by atoms with Gasteiger partial charge in [-0.05, 0) is 30.7 Å². The molecule has 0 atom stereocenters. The lowest BCUT2D eigenvalue weighted by Gasteiger charge is -2.08. The van der Waals surface area contributed by atoms with Crippen LogP contribution >= 0.6 is 0 Å². The molecule has 0 radical (unpaired) electrons. The smallest absolute Gasteiger partial charge is 0.119 e. The lowest BCUT2D eigenvalue weighted by atomic mass is 10.2. The van der Waals surface area contributed by atoms with Gasteiger partial charge >= 0.3 is 0 Å². The normalized spacial score (nSPS) is 10.6. The summed E-state index contributed by atoms with van der Waals surface area (Å²) < 4.78 is 15.8. The van der Waals surface area contributed by atoms with Crippen molar-refractivity contribution in [2.75, 3.05) is 40.1 Å². The first-order chi connectivity index (χ1) is 9.36. The van der Waals surface area contributed by atoms with Crippen LogP contribution < -0.4 is 10.1 Å². The summed E-state index contributed by atoms with van der Waals surface area (Å²) in [4.78, 5) is 0. The Morgan fingerprint density at radius 1 is 1.00 bits per heavy atom. The quantitative estimate of drug-likeness (QED) is 0.624. The zero-order valence-electron chi connectivity index (χ0n) is 12.0. The zero-order valence-corrected chi connectivity index (χ0v) is 12.0. The van der Waals surface area contributed by atoms with Crippen LogP contribution in [0.3, 0.4) is 0 Å². The van der Waals surface area contributed by atoms with E-state index in [9.17, 15) is 0 Å². The molecule has 19 heavy (non-hydrogen) atoms. The molecule has 0 heterocycles. The fourth-order valence-electron chi connectivity index (χ4n) is 1.58. The Bertz CT molecular complexity index is 314. The van der Waals surface area contributed by atoms with E-state index < -0.39 is 0 Å². The third-order valence-corrected chi connectivity index (χ3v) is 2.61. The van der Waals surface area contributed by atoms with Gasteiger partial charge in [0.25, 0.3) is 0 Å². The predicted octanol–water partition coefficient (Wildman–Crippen LogP) is 2.23. The number of nitrogens with one attached hydrogen (secondary N) is 1. The van der Waals surface area contributed by atoms with Crippen molar-refractivity contribution in [2.24, 2.45) is 0 Å². The fraction of sp³-hybridized carbons (Fsp3) is 0.600. The molecule has 1 aromatic rings. The molecular weight excluding hydrogens is 242 g/mol. The molecule has 0 spiro atoms. The molecule has 0 saturated carbocycles. The molecule has 0 unspecified atom stereocenters. The molecule has 4 nitrogen and oxygen atoms in total. The number of benzene rings is 1. The first-order valence-electron chi connectivity index (χ1n) is 6.86. The Morgan fingerprint density at radius 2 is 1.74 bits per heavy atom. The molecule has 1 rings (SSSR count). The summed E-state index contributed by atoms with van der Waals surface area (Å²) in [5, 5.41) is 3.37. The van der Waals surface area contributed by atoms with Gasteiger partial charge in [-0.25, -0.2) is 0 Å². The van der Waals surface area contributed by atoms with Crippen molar-refractivity contribution < 1.29 is 14.2 Å². The Labute approximate surface area is 116 Å². The highest BCUT2D eigenvalue weighted by Crippen LogP contribution is 2.11. The minimum atomic E-state index is 0.567. The van der Waals surface area contributed by atoms with E-state index in [4.69, 9.17) is 14.2 Å². The second-order valence-electron chi connectivity index (χ2n) is 4.27. The van der Waals surface area contributed by atoms with E-state index in [1.807, 2.05) is 12.1 Å². The van der Waals surface area contributed by atoms with Gasteiger partial charge in [0.05, 0.1) is 19.8 Å². The summed E-state index contributed by atoms with van der Waals surface area (Å²) >= 11 is 0. The van der Waals surface area contributed by atoms with Crippen LogP contribution in [0.4, 0.5) is 0 Å². The third kappa shape index (κ3) is 7.82. The monoisotopic (exact) mass is 267 g/mol. The van der Waals surface area contributed by atoms with Crippen LogP contribution in [0.1, 0.15) is 18.9 Å². The maximum absolute atomic E-state index is 5.58. The Balaban J connectivity index is 2.13. The summed E-state index contributed by atoms with van der Waals surface area (Å²) in [5.74, 6) is 0.884. The van der Waals surface area contributed by atoms with Crippen LogP contribution in [0.5, 0.6) is 5.75 Å². The van der Waals surface area contributed by atoms with E-state index in [0.29, 0.717) is 26.4 Å². The number of rotatable bonds is 11. The summed E-state index contributed by atoms with van der Waals surface area (Å²) in [6.45, 7) is 6.52. The molecule has 0 aliphatic rings. The topological polar surface area (TPSA) is 39.7 Å². The molecule has 0 aliphatic heterocycles. The molecule has 0 fully saturated rings. The summed E-state index contributed by atoms with van der Waals surface area (Å²) in [6.07, 6.45) is 1.16. The SMILES string of the molecule is CCCNCc1ccc(OCCOCCOC)cc1. The van der Waals surface area contributed by atoms with Gasteiger partial charge in [0.15, 0.2) is 0 Å². The van der Waals surface area contributed by atoms with E-state index in [2.05, 4.69) is 24.4 Å². The van der Waals surface area contributed by atoms with Gasteiger partial charge in [0.2, 0.25) is 0 Å². The molecule has 1 aromatic carbocycles. The molecular formula is C15H25NO3. The number of hydrogen-bond donors (Lipinski definition) is 1. The van der Waals surface area contributed by atoms with Crippen molar-refractivity contribution in [1.29, 1.82) is 0 Å². The fourth-order valence-corrected chi connectivity index (χ4v) is 1.58. The highest BCUT2D eigenvalue weighted by atomic mass is 16.5. The lowest BCUT2D eigenvalue weighted by Crippen LogP contribution is -2.13. The van der Waals surface area contributed by atoms with Gasteiger partial charge in [0.1, 0.15) is 12.4 Å². The average Bonchev–Trinajstić information content (AvgIpc) is 2.44. The zero-order chi connectivity index (χ0) is 13.8. The Morgan fingerprint density at radius 3 is 2.42 bits per heavy atom. The molecule has 0 amide bonds. The van der Waals surface area contributed by atoms with Gasteiger partial charge in [-0.1, -0.05) is 19.1 Å². The standard InChI is InChI=1S/C15H25NO3/c1-3-8-16-13-14-4-6-15(7-5-14)19-12-11-18-10-9-17-2/h4-7,16H,3,8-13H2,1-2H3. The second-order valence-corrected chi connectivity index (χ2v) is 4.27. The van der Waals surface area contributed by atoms with E-state index in [0.717, 1.165) is 25.3 Å².